The van der Waals surface area contributed by atoms with Crippen molar-refractivity contribution in [3.63, 3.8) is 0 Å². The van der Waals surface area contributed by atoms with Crippen LogP contribution in [0.1, 0.15) is 17.3 Å². The lowest BCUT2D eigenvalue weighted by Crippen LogP contribution is -2.15. The highest BCUT2D eigenvalue weighted by Gasteiger charge is 2.10. The molecule has 0 radical (unpaired) electrons. The van der Waals surface area contributed by atoms with Crippen molar-refractivity contribution in [3.05, 3.63) is 75.9 Å². The normalized spacial score (nSPS) is 10.6. The van der Waals surface area contributed by atoms with E-state index in [1.54, 1.807) is 54.3 Å². The van der Waals surface area contributed by atoms with Crippen LogP contribution < -0.4 is 5.56 Å². The maximum Gasteiger partial charge on any atom is 0.341 e. The quantitative estimate of drug-likeness (QED) is 0.683. The Labute approximate surface area is 142 Å². The van der Waals surface area contributed by atoms with E-state index in [4.69, 9.17) is 16.3 Å². The predicted octanol–water partition coefficient (Wildman–Crippen LogP) is 2.85. The summed E-state index contributed by atoms with van der Waals surface area (Å²) in [6.07, 6.45) is 4.67. The van der Waals surface area contributed by atoms with Crippen LogP contribution in [0, 0.1) is 0 Å². The summed E-state index contributed by atoms with van der Waals surface area (Å²) in [7, 11) is 0. The van der Waals surface area contributed by atoms with Crippen molar-refractivity contribution in [2.45, 2.75) is 6.92 Å². The minimum Gasteiger partial charge on any atom is -0.462 e. The SMILES string of the molecule is CCOC(=O)c1cnn(-c2ccc(-n3ccc(Cl)cc3=O)cc2)c1. The van der Waals surface area contributed by atoms with Gasteiger partial charge < -0.3 is 4.74 Å². The Morgan fingerprint density at radius 2 is 1.92 bits per heavy atom. The average Bonchev–Trinajstić information content (AvgIpc) is 3.05. The van der Waals surface area contributed by atoms with Crippen molar-refractivity contribution >= 4 is 17.6 Å². The first kappa shape index (κ1) is 16.0. The fraction of sp³-hybridized carbons (Fsp3) is 0.118. The van der Waals surface area contributed by atoms with Crippen LogP contribution >= 0.6 is 11.6 Å². The van der Waals surface area contributed by atoms with Gasteiger partial charge >= 0.3 is 5.97 Å². The van der Waals surface area contributed by atoms with Crippen LogP contribution in [0.5, 0.6) is 0 Å². The lowest BCUT2D eigenvalue weighted by molar-refractivity contribution is 0.0526. The van der Waals surface area contributed by atoms with Gasteiger partial charge in [-0.3, -0.25) is 9.36 Å². The Hall–Kier alpha value is -2.86. The van der Waals surface area contributed by atoms with Gasteiger partial charge in [-0.2, -0.15) is 5.10 Å². The zero-order valence-corrected chi connectivity index (χ0v) is 13.6. The lowest BCUT2D eigenvalue weighted by atomic mass is 10.2. The third-order valence-corrected chi connectivity index (χ3v) is 3.60. The van der Waals surface area contributed by atoms with Crippen molar-refractivity contribution in [1.29, 1.82) is 0 Å². The van der Waals surface area contributed by atoms with Crippen molar-refractivity contribution < 1.29 is 9.53 Å². The van der Waals surface area contributed by atoms with Crippen molar-refractivity contribution in [1.82, 2.24) is 14.3 Å². The van der Waals surface area contributed by atoms with Gasteiger partial charge in [0, 0.05) is 29.2 Å². The molecule has 0 saturated carbocycles. The number of benzene rings is 1. The number of rotatable bonds is 4. The number of carbonyl (C=O) groups excluding carboxylic acids is 1. The molecule has 0 aliphatic rings. The van der Waals surface area contributed by atoms with Crippen LogP contribution in [0.4, 0.5) is 0 Å². The zero-order valence-electron chi connectivity index (χ0n) is 12.8. The largest absolute Gasteiger partial charge is 0.462 e. The summed E-state index contributed by atoms with van der Waals surface area (Å²) in [5.41, 5.74) is 1.64. The lowest BCUT2D eigenvalue weighted by Gasteiger charge is -2.07. The molecule has 122 valence electrons. The highest BCUT2D eigenvalue weighted by molar-refractivity contribution is 6.30. The van der Waals surface area contributed by atoms with Crippen LogP contribution in [0.15, 0.2) is 59.8 Å². The Kier molecular flexibility index (Phi) is 4.48. The van der Waals surface area contributed by atoms with Gasteiger partial charge in [0.25, 0.3) is 5.56 Å². The van der Waals surface area contributed by atoms with Gasteiger partial charge in [0.05, 0.1) is 24.1 Å². The molecule has 0 spiro atoms. The number of ether oxygens (including phenoxy) is 1. The Morgan fingerprint density at radius 3 is 2.58 bits per heavy atom. The second-order valence-electron chi connectivity index (χ2n) is 4.96. The summed E-state index contributed by atoms with van der Waals surface area (Å²) in [6.45, 7) is 2.06. The topological polar surface area (TPSA) is 66.1 Å². The van der Waals surface area contributed by atoms with Gasteiger partial charge in [0.15, 0.2) is 0 Å². The summed E-state index contributed by atoms with van der Waals surface area (Å²) < 4.78 is 7.99. The molecule has 1 aromatic carbocycles. The van der Waals surface area contributed by atoms with E-state index in [0.717, 1.165) is 5.69 Å². The fourth-order valence-corrected chi connectivity index (χ4v) is 2.37. The molecule has 3 rings (SSSR count). The van der Waals surface area contributed by atoms with Gasteiger partial charge in [-0.05, 0) is 37.3 Å². The number of nitrogens with zero attached hydrogens (tertiary/aromatic N) is 3. The van der Waals surface area contributed by atoms with E-state index in [1.165, 1.54) is 16.8 Å². The van der Waals surface area contributed by atoms with Crippen molar-refractivity contribution in [2.75, 3.05) is 6.61 Å². The molecule has 0 unspecified atom stereocenters. The van der Waals surface area contributed by atoms with Gasteiger partial charge in [-0.15, -0.1) is 0 Å². The number of hydrogen-bond donors (Lipinski definition) is 0. The third-order valence-electron chi connectivity index (χ3n) is 3.37. The van der Waals surface area contributed by atoms with Crippen molar-refractivity contribution in [3.8, 4) is 11.4 Å². The van der Waals surface area contributed by atoms with Crippen LogP contribution in [0.25, 0.3) is 11.4 Å². The highest BCUT2D eigenvalue weighted by atomic mass is 35.5. The van der Waals surface area contributed by atoms with E-state index >= 15 is 0 Å². The van der Waals surface area contributed by atoms with Crippen LogP contribution in [-0.4, -0.2) is 26.9 Å². The van der Waals surface area contributed by atoms with Gasteiger partial charge in [0.1, 0.15) is 0 Å². The van der Waals surface area contributed by atoms with Gasteiger partial charge in [-0.1, -0.05) is 11.6 Å². The predicted molar refractivity (Wildman–Crippen MR) is 90.1 cm³/mol. The highest BCUT2D eigenvalue weighted by Crippen LogP contribution is 2.13. The monoisotopic (exact) mass is 343 g/mol. The number of pyridine rings is 1. The molecule has 0 bridgehead atoms. The molecule has 0 amide bonds. The summed E-state index contributed by atoms with van der Waals surface area (Å²) in [6, 6.07) is 10.2. The van der Waals surface area contributed by atoms with E-state index in [-0.39, 0.29) is 5.56 Å². The molecule has 0 saturated heterocycles. The molecule has 0 aliphatic heterocycles. The molecule has 7 heteroatoms. The Balaban J connectivity index is 1.87. The number of esters is 1. The smallest absolute Gasteiger partial charge is 0.341 e. The molecule has 0 fully saturated rings. The second kappa shape index (κ2) is 6.72. The minimum atomic E-state index is -0.409. The maximum absolute atomic E-state index is 11.9. The van der Waals surface area contributed by atoms with Gasteiger partial charge in [-0.25, -0.2) is 9.48 Å². The molecule has 0 N–H and O–H groups in total. The molecule has 6 nitrogen and oxygen atoms in total. The molecule has 24 heavy (non-hydrogen) atoms. The molecule has 0 aliphatic carbocycles. The number of halogens is 1. The summed E-state index contributed by atoms with van der Waals surface area (Å²) in [5.74, 6) is -0.409. The van der Waals surface area contributed by atoms with Crippen LogP contribution in [0.3, 0.4) is 0 Å². The van der Waals surface area contributed by atoms with E-state index in [2.05, 4.69) is 5.10 Å². The maximum atomic E-state index is 11.9. The first-order chi connectivity index (χ1) is 11.6. The zero-order chi connectivity index (χ0) is 17.1. The first-order valence-corrected chi connectivity index (χ1v) is 7.67. The standard InChI is InChI=1S/C17H14ClN3O3/c1-2-24-17(23)12-10-19-21(11-12)15-5-3-14(4-6-15)20-8-7-13(18)9-16(20)22/h3-11H,2H2,1H3. The Bertz CT molecular complexity index is 929. The van der Waals surface area contributed by atoms with Crippen LogP contribution in [0.2, 0.25) is 5.02 Å². The Morgan fingerprint density at radius 1 is 1.21 bits per heavy atom. The minimum absolute atomic E-state index is 0.209. The summed E-state index contributed by atoms with van der Waals surface area (Å²) in [5, 5.41) is 4.55. The number of carbonyl (C=O) groups is 1. The molecule has 2 heterocycles. The van der Waals surface area contributed by atoms with Crippen molar-refractivity contribution in [2.24, 2.45) is 0 Å². The number of aromatic nitrogens is 3. The first-order valence-electron chi connectivity index (χ1n) is 7.29. The third kappa shape index (κ3) is 3.23. The van der Waals surface area contributed by atoms with E-state index in [0.29, 0.717) is 22.9 Å². The molecular weight excluding hydrogens is 330 g/mol. The van der Waals surface area contributed by atoms with Crippen LogP contribution in [-0.2, 0) is 4.74 Å². The molecule has 2 aromatic heterocycles. The average molecular weight is 344 g/mol. The molecule has 0 atom stereocenters. The van der Waals surface area contributed by atoms with E-state index < -0.39 is 5.97 Å². The summed E-state index contributed by atoms with van der Waals surface area (Å²) >= 11 is 5.80. The fourth-order valence-electron chi connectivity index (χ4n) is 2.22. The molecular formula is C17H14ClN3O3. The van der Waals surface area contributed by atoms with E-state index in [1.807, 2.05) is 0 Å². The molecule has 3 aromatic rings. The summed E-state index contributed by atoms with van der Waals surface area (Å²) in [4.78, 5) is 23.6. The number of hydrogen-bond acceptors (Lipinski definition) is 4. The van der Waals surface area contributed by atoms with Gasteiger partial charge in [0.2, 0.25) is 0 Å². The van der Waals surface area contributed by atoms with E-state index in [9.17, 15) is 9.59 Å². The second-order valence-corrected chi connectivity index (χ2v) is 5.40.